The molecular formula is C21H24F3N3O. The predicted molar refractivity (Wildman–Crippen MR) is 103 cm³/mol. The van der Waals surface area contributed by atoms with Gasteiger partial charge in [0.2, 0.25) is 5.82 Å². The normalized spacial score (nSPS) is 14.3. The molecule has 0 aliphatic carbocycles. The summed E-state index contributed by atoms with van der Waals surface area (Å²) in [6.45, 7) is 2.44. The number of imidazole rings is 1. The van der Waals surface area contributed by atoms with E-state index in [2.05, 4.69) is 34.3 Å². The van der Waals surface area contributed by atoms with Gasteiger partial charge in [0.15, 0.2) is 0 Å². The summed E-state index contributed by atoms with van der Waals surface area (Å²) in [6, 6.07) is 15.2. The Balaban J connectivity index is 1.62. The highest BCUT2D eigenvalue weighted by Gasteiger charge is 2.35. The summed E-state index contributed by atoms with van der Waals surface area (Å²) >= 11 is 0. The van der Waals surface area contributed by atoms with Crippen LogP contribution in [-0.2, 0) is 19.0 Å². The van der Waals surface area contributed by atoms with Gasteiger partial charge in [-0.25, -0.2) is 4.98 Å². The molecule has 4 nitrogen and oxygen atoms in total. The zero-order valence-corrected chi connectivity index (χ0v) is 15.6. The van der Waals surface area contributed by atoms with Crippen molar-refractivity contribution < 1.29 is 18.3 Å². The minimum absolute atomic E-state index is 0.218. The van der Waals surface area contributed by atoms with Crippen molar-refractivity contribution >= 4 is 11.0 Å². The first-order valence-electron chi connectivity index (χ1n) is 9.37. The van der Waals surface area contributed by atoms with Crippen molar-refractivity contribution in [1.82, 2.24) is 15.3 Å². The van der Waals surface area contributed by atoms with Gasteiger partial charge in [0, 0.05) is 19.0 Å². The van der Waals surface area contributed by atoms with E-state index in [9.17, 15) is 18.3 Å². The third-order valence-corrected chi connectivity index (χ3v) is 4.78. The molecule has 3 aromatic rings. The van der Waals surface area contributed by atoms with Crippen LogP contribution in [0.5, 0.6) is 0 Å². The van der Waals surface area contributed by atoms with E-state index in [-0.39, 0.29) is 18.0 Å². The second kappa shape index (κ2) is 8.75. The number of hydrogen-bond donors (Lipinski definition) is 3. The molecule has 0 saturated heterocycles. The van der Waals surface area contributed by atoms with Gasteiger partial charge >= 0.3 is 6.18 Å². The SMILES string of the molecule is CCC(Cc1ccccc1)NCC(O)Cc1cccc2[nH]c(C(F)(F)F)nc12. The average molecular weight is 391 g/mol. The summed E-state index contributed by atoms with van der Waals surface area (Å²) in [4.78, 5) is 5.99. The standard InChI is InChI=1S/C21H24F3N3O/c1-2-16(11-14-7-4-3-5-8-14)25-13-17(28)12-15-9-6-10-18-19(15)27-20(26-18)21(22,23)24/h3-10,16-17,25,28H,2,11-13H2,1H3,(H,26,27). The van der Waals surface area contributed by atoms with E-state index in [1.165, 1.54) is 5.56 Å². The Morgan fingerprint density at radius 3 is 2.50 bits per heavy atom. The van der Waals surface area contributed by atoms with Crippen molar-refractivity contribution in [1.29, 1.82) is 0 Å². The number of H-pyrrole nitrogens is 1. The van der Waals surface area contributed by atoms with Gasteiger partial charge in [-0.05, 0) is 30.0 Å². The molecule has 2 aromatic carbocycles. The van der Waals surface area contributed by atoms with Gasteiger partial charge in [-0.1, -0.05) is 49.4 Å². The van der Waals surface area contributed by atoms with Crippen LogP contribution in [0.4, 0.5) is 13.2 Å². The molecule has 2 unspecified atom stereocenters. The Morgan fingerprint density at radius 2 is 1.82 bits per heavy atom. The lowest BCUT2D eigenvalue weighted by Gasteiger charge is -2.20. The van der Waals surface area contributed by atoms with Gasteiger partial charge in [0.05, 0.1) is 17.1 Å². The number of fused-ring (bicyclic) bond motifs is 1. The topological polar surface area (TPSA) is 60.9 Å². The zero-order valence-electron chi connectivity index (χ0n) is 15.6. The third-order valence-electron chi connectivity index (χ3n) is 4.78. The first-order valence-corrected chi connectivity index (χ1v) is 9.37. The molecule has 3 rings (SSSR count). The first kappa shape index (κ1) is 20.4. The number of para-hydroxylation sites is 1. The van der Waals surface area contributed by atoms with E-state index in [0.717, 1.165) is 12.8 Å². The second-order valence-electron chi connectivity index (χ2n) is 6.96. The van der Waals surface area contributed by atoms with E-state index < -0.39 is 18.1 Å². The molecule has 0 amide bonds. The molecule has 7 heteroatoms. The molecular weight excluding hydrogens is 367 g/mol. The largest absolute Gasteiger partial charge is 0.449 e. The van der Waals surface area contributed by atoms with Crippen LogP contribution in [0.1, 0.15) is 30.3 Å². The lowest BCUT2D eigenvalue weighted by atomic mass is 10.0. The average Bonchev–Trinajstić information content (AvgIpc) is 3.12. The summed E-state index contributed by atoms with van der Waals surface area (Å²) in [5.74, 6) is -1.02. The molecule has 28 heavy (non-hydrogen) atoms. The Bertz CT molecular complexity index is 893. The highest BCUT2D eigenvalue weighted by molar-refractivity contribution is 5.79. The molecule has 2 atom stereocenters. The Labute approximate surface area is 161 Å². The van der Waals surface area contributed by atoms with Crippen LogP contribution < -0.4 is 5.32 Å². The minimum Gasteiger partial charge on any atom is -0.391 e. The fraction of sp³-hybridized carbons (Fsp3) is 0.381. The number of nitrogens with zero attached hydrogens (tertiary/aromatic N) is 1. The number of aliphatic hydroxyl groups is 1. The van der Waals surface area contributed by atoms with Crippen LogP contribution in [0.2, 0.25) is 0 Å². The number of aromatic amines is 1. The maximum Gasteiger partial charge on any atom is 0.449 e. The van der Waals surface area contributed by atoms with Gasteiger partial charge in [-0.3, -0.25) is 0 Å². The van der Waals surface area contributed by atoms with Gasteiger partial charge in [0.1, 0.15) is 0 Å². The van der Waals surface area contributed by atoms with E-state index in [4.69, 9.17) is 0 Å². The lowest BCUT2D eigenvalue weighted by Crippen LogP contribution is -2.37. The quantitative estimate of drug-likeness (QED) is 0.542. The van der Waals surface area contributed by atoms with Crippen molar-refractivity contribution in [2.45, 2.75) is 44.5 Å². The van der Waals surface area contributed by atoms with Crippen molar-refractivity contribution in [3.8, 4) is 0 Å². The summed E-state index contributed by atoms with van der Waals surface area (Å²) in [7, 11) is 0. The molecule has 3 N–H and O–H groups in total. The van der Waals surface area contributed by atoms with Gasteiger partial charge in [-0.15, -0.1) is 0 Å². The monoisotopic (exact) mass is 391 g/mol. The Hall–Kier alpha value is -2.38. The molecule has 1 aromatic heterocycles. The predicted octanol–water partition coefficient (Wildman–Crippen LogP) is 4.10. The summed E-state index contributed by atoms with van der Waals surface area (Å²) in [5, 5.41) is 13.8. The van der Waals surface area contributed by atoms with Gasteiger partial charge < -0.3 is 15.4 Å². The second-order valence-corrected chi connectivity index (χ2v) is 6.96. The maximum atomic E-state index is 12.9. The van der Waals surface area contributed by atoms with E-state index in [1.54, 1.807) is 18.2 Å². The first-order chi connectivity index (χ1) is 13.4. The fourth-order valence-corrected chi connectivity index (χ4v) is 3.28. The zero-order chi connectivity index (χ0) is 20.1. The Kier molecular flexibility index (Phi) is 6.36. The molecule has 150 valence electrons. The molecule has 1 heterocycles. The van der Waals surface area contributed by atoms with Crippen LogP contribution in [0.3, 0.4) is 0 Å². The highest BCUT2D eigenvalue weighted by atomic mass is 19.4. The van der Waals surface area contributed by atoms with Crippen LogP contribution in [0.15, 0.2) is 48.5 Å². The van der Waals surface area contributed by atoms with Gasteiger partial charge in [0.25, 0.3) is 0 Å². The van der Waals surface area contributed by atoms with E-state index >= 15 is 0 Å². The van der Waals surface area contributed by atoms with Crippen molar-refractivity contribution in [2.24, 2.45) is 0 Å². The smallest absolute Gasteiger partial charge is 0.391 e. The van der Waals surface area contributed by atoms with Gasteiger partial charge in [-0.2, -0.15) is 13.2 Å². The number of rotatable bonds is 8. The number of nitrogens with one attached hydrogen (secondary N) is 2. The summed E-state index contributed by atoms with van der Waals surface area (Å²) in [5.41, 5.74) is 2.39. The molecule has 0 saturated carbocycles. The van der Waals surface area contributed by atoms with E-state index in [1.807, 2.05) is 18.2 Å². The fourth-order valence-electron chi connectivity index (χ4n) is 3.28. The molecule has 0 radical (unpaired) electrons. The molecule has 0 spiro atoms. The highest BCUT2D eigenvalue weighted by Crippen LogP contribution is 2.29. The van der Waals surface area contributed by atoms with Crippen molar-refractivity contribution in [3.63, 3.8) is 0 Å². The number of alkyl halides is 3. The molecule has 0 fully saturated rings. The lowest BCUT2D eigenvalue weighted by molar-refractivity contribution is -0.144. The van der Waals surface area contributed by atoms with Crippen LogP contribution >= 0.6 is 0 Å². The summed E-state index contributed by atoms with van der Waals surface area (Å²) in [6.07, 6.45) is -3.25. The minimum atomic E-state index is -4.53. The van der Waals surface area contributed by atoms with Crippen molar-refractivity contribution in [3.05, 3.63) is 65.5 Å². The van der Waals surface area contributed by atoms with Crippen LogP contribution in [0.25, 0.3) is 11.0 Å². The molecule has 0 aliphatic rings. The number of aliphatic hydroxyl groups excluding tert-OH is 1. The summed E-state index contributed by atoms with van der Waals surface area (Å²) < 4.78 is 38.7. The van der Waals surface area contributed by atoms with Crippen LogP contribution in [-0.4, -0.2) is 33.8 Å². The number of halogens is 3. The molecule has 0 bridgehead atoms. The van der Waals surface area contributed by atoms with E-state index in [0.29, 0.717) is 17.6 Å². The number of hydrogen-bond acceptors (Lipinski definition) is 3. The van der Waals surface area contributed by atoms with Crippen LogP contribution in [0, 0.1) is 0 Å². The maximum absolute atomic E-state index is 12.9. The van der Waals surface area contributed by atoms with Crippen molar-refractivity contribution in [2.75, 3.05) is 6.54 Å². The number of benzene rings is 2. The molecule has 0 aliphatic heterocycles. The third kappa shape index (κ3) is 5.11. The Morgan fingerprint density at radius 1 is 1.07 bits per heavy atom. The number of aromatic nitrogens is 2.